The van der Waals surface area contributed by atoms with Gasteiger partial charge < -0.3 is 5.32 Å². The Morgan fingerprint density at radius 1 is 1.10 bits per heavy atom. The minimum atomic E-state index is -4.01. The van der Waals surface area contributed by atoms with Crippen molar-refractivity contribution < 1.29 is 17.6 Å². The van der Waals surface area contributed by atoms with Crippen LogP contribution in [0.5, 0.6) is 0 Å². The third-order valence-electron chi connectivity index (χ3n) is 2.78. The van der Waals surface area contributed by atoms with Gasteiger partial charge in [-0.25, -0.2) is 8.78 Å². The van der Waals surface area contributed by atoms with Crippen molar-refractivity contribution >= 4 is 22.7 Å². The summed E-state index contributed by atoms with van der Waals surface area (Å²) < 4.78 is 50.4. The van der Waals surface area contributed by atoms with E-state index >= 15 is 0 Å². The number of alkyl halides is 4. The summed E-state index contributed by atoms with van der Waals surface area (Å²) in [7, 11) is 0. The van der Waals surface area contributed by atoms with E-state index in [0.717, 1.165) is 9.75 Å². The van der Waals surface area contributed by atoms with Gasteiger partial charge in [-0.05, 0) is 22.9 Å². The summed E-state index contributed by atoms with van der Waals surface area (Å²) in [6, 6.07) is 7.03. The zero-order chi connectivity index (χ0) is 14.6. The van der Waals surface area contributed by atoms with Gasteiger partial charge in [0.25, 0.3) is 0 Å². The average Bonchev–Trinajstić information content (AvgIpc) is 3.07. The summed E-state index contributed by atoms with van der Waals surface area (Å²) in [6.45, 7) is -1.03. The molecule has 0 radical (unpaired) electrons. The molecule has 0 saturated heterocycles. The van der Waals surface area contributed by atoms with Crippen molar-refractivity contribution in [2.45, 2.75) is 24.8 Å². The van der Waals surface area contributed by atoms with Crippen molar-refractivity contribution in [1.82, 2.24) is 5.32 Å². The maximum atomic E-state index is 13.0. The molecule has 20 heavy (non-hydrogen) atoms. The van der Waals surface area contributed by atoms with Crippen LogP contribution in [-0.2, 0) is 6.42 Å². The third-order valence-corrected chi connectivity index (χ3v) is 4.66. The lowest BCUT2D eigenvalue weighted by Gasteiger charge is -2.21. The molecule has 0 saturated carbocycles. The van der Waals surface area contributed by atoms with E-state index in [-0.39, 0.29) is 6.04 Å². The van der Waals surface area contributed by atoms with E-state index in [1.807, 2.05) is 35.0 Å². The summed E-state index contributed by atoms with van der Waals surface area (Å²) in [5.74, 6) is -4.01. The quantitative estimate of drug-likeness (QED) is 0.735. The Kier molecular flexibility index (Phi) is 5.17. The molecule has 1 N–H and O–H groups in total. The van der Waals surface area contributed by atoms with Crippen LogP contribution in [0.1, 0.15) is 15.8 Å². The van der Waals surface area contributed by atoms with Gasteiger partial charge in [0.05, 0.1) is 6.54 Å². The average molecular weight is 323 g/mol. The van der Waals surface area contributed by atoms with Gasteiger partial charge in [0.2, 0.25) is 0 Å². The van der Waals surface area contributed by atoms with Gasteiger partial charge in [0.15, 0.2) is 0 Å². The fourth-order valence-corrected chi connectivity index (χ4v) is 3.28. The molecule has 0 spiro atoms. The summed E-state index contributed by atoms with van der Waals surface area (Å²) in [4.78, 5) is 1.89. The standard InChI is InChI=1S/C13H13F4NS2/c14-12(15)13(16,17)8-18-10(11-4-2-6-20-11)7-9-3-1-5-19-9/h1-6,10,12,18H,7-8H2. The van der Waals surface area contributed by atoms with Crippen LogP contribution in [0.2, 0.25) is 0 Å². The van der Waals surface area contributed by atoms with Crippen LogP contribution >= 0.6 is 22.7 Å². The molecule has 0 aromatic carbocycles. The van der Waals surface area contributed by atoms with Gasteiger partial charge in [-0.2, -0.15) is 8.78 Å². The van der Waals surface area contributed by atoms with E-state index in [1.165, 1.54) is 22.7 Å². The number of hydrogen-bond donors (Lipinski definition) is 1. The summed E-state index contributed by atoms with van der Waals surface area (Å²) in [5.41, 5.74) is 0. The predicted octanol–water partition coefficient (Wildman–Crippen LogP) is 4.58. The van der Waals surface area contributed by atoms with Crippen LogP contribution in [0.15, 0.2) is 35.0 Å². The highest BCUT2D eigenvalue weighted by molar-refractivity contribution is 7.10. The highest BCUT2D eigenvalue weighted by Gasteiger charge is 2.40. The topological polar surface area (TPSA) is 12.0 Å². The Hall–Kier alpha value is -0.920. The maximum absolute atomic E-state index is 13.0. The molecular formula is C13H13F4NS2. The zero-order valence-corrected chi connectivity index (χ0v) is 12.0. The molecule has 1 nitrogen and oxygen atoms in total. The van der Waals surface area contributed by atoms with E-state index in [0.29, 0.717) is 6.42 Å². The second-order valence-electron chi connectivity index (χ2n) is 4.29. The molecule has 0 aliphatic carbocycles. The number of halogens is 4. The molecule has 0 amide bonds. The molecule has 7 heteroatoms. The van der Waals surface area contributed by atoms with Crippen LogP contribution in [-0.4, -0.2) is 18.9 Å². The highest BCUT2D eigenvalue weighted by Crippen LogP contribution is 2.27. The molecular weight excluding hydrogens is 310 g/mol. The number of rotatable bonds is 7. The molecule has 2 rings (SSSR count). The largest absolute Gasteiger partial charge is 0.319 e. The van der Waals surface area contributed by atoms with Crippen molar-refractivity contribution in [2.75, 3.05) is 6.54 Å². The smallest absolute Gasteiger partial charge is 0.303 e. The van der Waals surface area contributed by atoms with E-state index in [2.05, 4.69) is 5.32 Å². The van der Waals surface area contributed by atoms with Crippen LogP contribution in [0.4, 0.5) is 17.6 Å². The number of thiophene rings is 2. The Morgan fingerprint density at radius 2 is 1.80 bits per heavy atom. The van der Waals surface area contributed by atoms with Crippen LogP contribution in [0, 0.1) is 0 Å². The van der Waals surface area contributed by atoms with Crippen LogP contribution in [0.3, 0.4) is 0 Å². The zero-order valence-electron chi connectivity index (χ0n) is 10.4. The Balaban J connectivity index is 2.04. The normalized spacial score (nSPS) is 13.8. The molecule has 1 unspecified atom stereocenters. The van der Waals surface area contributed by atoms with Crippen molar-refractivity contribution in [1.29, 1.82) is 0 Å². The predicted molar refractivity (Wildman–Crippen MR) is 74.0 cm³/mol. The molecule has 2 aromatic rings. The first-order chi connectivity index (χ1) is 9.49. The molecule has 0 fully saturated rings. The molecule has 0 aliphatic rings. The fraction of sp³-hybridized carbons (Fsp3) is 0.385. The maximum Gasteiger partial charge on any atom is 0.319 e. The van der Waals surface area contributed by atoms with E-state index in [4.69, 9.17) is 0 Å². The van der Waals surface area contributed by atoms with Crippen molar-refractivity contribution in [3.63, 3.8) is 0 Å². The first-order valence-electron chi connectivity index (χ1n) is 5.94. The van der Waals surface area contributed by atoms with Gasteiger partial charge >= 0.3 is 12.3 Å². The van der Waals surface area contributed by atoms with Gasteiger partial charge in [-0.15, -0.1) is 22.7 Å². The molecule has 110 valence electrons. The van der Waals surface area contributed by atoms with Gasteiger partial charge in [-0.3, -0.25) is 0 Å². The van der Waals surface area contributed by atoms with Crippen molar-refractivity contribution in [3.8, 4) is 0 Å². The van der Waals surface area contributed by atoms with Crippen LogP contribution < -0.4 is 5.32 Å². The first kappa shape index (κ1) is 15.5. The number of nitrogens with one attached hydrogen (secondary N) is 1. The highest BCUT2D eigenvalue weighted by atomic mass is 32.1. The first-order valence-corrected chi connectivity index (χ1v) is 7.70. The summed E-state index contributed by atoms with van der Waals surface area (Å²) in [5, 5.41) is 6.30. The monoisotopic (exact) mass is 323 g/mol. The second kappa shape index (κ2) is 6.69. The Bertz CT molecular complexity index is 496. The second-order valence-corrected chi connectivity index (χ2v) is 6.31. The molecule has 0 aliphatic heterocycles. The van der Waals surface area contributed by atoms with Gasteiger partial charge in [0, 0.05) is 22.2 Å². The molecule has 0 bridgehead atoms. The third kappa shape index (κ3) is 4.04. The van der Waals surface area contributed by atoms with Crippen LogP contribution in [0.25, 0.3) is 0 Å². The minimum Gasteiger partial charge on any atom is -0.303 e. The molecule has 2 heterocycles. The fourth-order valence-electron chi connectivity index (χ4n) is 1.73. The van der Waals surface area contributed by atoms with E-state index in [1.54, 1.807) is 0 Å². The lowest BCUT2D eigenvalue weighted by molar-refractivity contribution is -0.126. The lowest BCUT2D eigenvalue weighted by atomic mass is 10.1. The molecule has 1 atom stereocenters. The van der Waals surface area contributed by atoms with Crippen molar-refractivity contribution in [2.24, 2.45) is 0 Å². The summed E-state index contributed by atoms with van der Waals surface area (Å²) >= 11 is 2.94. The SMILES string of the molecule is FC(F)C(F)(F)CNC(Cc1cccs1)c1cccs1. The van der Waals surface area contributed by atoms with E-state index < -0.39 is 18.9 Å². The lowest BCUT2D eigenvalue weighted by Crippen LogP contribution is -2.40. The van der Waals surface area contributed by atoms with E-state index in [9.17, 15) is 17.6 Å². The minimum absolute atomic E-state index is 0.377. The summed E-state index contributed by atoms with van der Waals surface area (Å²) in [6.07, 6.45) is -3.14. The Morgan fingerprint density at radius 3 is 2.35 bits per heavy atom. The Labute approximate surface area is 122 Å². The molecule has 2 aromatic heterocycles. The van der Waals surface area contributed by atoms with Gasteiger partial charge in [-0.1, -0.05) is 12.1 Å². The number of hydrogen-bond acceptors (Lipinski definition) is 3. The van der Waals surface area contributed by atoms with Crippen molar-refractivity contribution in [3.05, 3.63) is 44.8 Å². The van der Waals surface area contributed by atoms with Gasteiger partial charge in [0.1, 0.15) is 0 Å².